The number of aromatic nitrogens is 3. The number of anilines is 1. The zero-order valence-electron chi connectivity index (χ0n) is 15.4. The molecule has 0 saturated heterocycles. The fourth-order valence-corrected chi connectivity index (χ4v) is 5.06. The zero-order chi connectivity index (χ0) is 19.4. The van der Waals surface area contributed by atoms with E-state index in [1.54, 1.807) is 16.0 Å². The molecule has 140 valence electrons. The molecule has 1 amide bonds. The summed E-state index contributed by atoms with van der Waals surface area (Å²) in [6, 6.07) is 14.4. The first-order chi connectivity index (χ1) is 13.5. The molecule has 1 aliphatic rings. The van der Waals surface area contributed by atoms with Crippen LogP contribution in [0.4, 0.5) is 5.82 Å². The quantitative estimate of drug-likeness (QED) is 0.446. The van der Waals surface area contributed by atoms with Gasteiger partial charge in [-0.3, -0.25) is 4.79 Å². The molecule has 1 N–H and O–H groups in total. The summed E-state index contributed by atoms with van der Waals surface area (Å²) in [7, 11) is 0. The molecule has 28 heavy (non-hydrogen) atoms. The SMILES string of the molecule is Cc1ccc2nc(-n3nc(C)c4c3NC(=O)C[C@H]4c3ccc(Br)cc3)sc2c1. The van der Waals surface area contributed by atoms with E-state index in [0.717, 1.165) is 42.5 Å². The van der Waals surface area contributed by atoms with E-state index < -0.39 is 0 Å². The molecule has 2 aromatic carbocycles. The van der Waals surface area contributed by atoms with Gasteiger partial charge in [-0.1, -0.05) is 45.5 Å². The van der Waals surface area contributed by atoms with Gasteiger partial charge in [0.15, 0.2) is 0 Å². The molecule has 1 aliphatic heterocycles. The number of nitrogens with zero attached hydrogens (tertiary/aromatic N) is 3. The minimum Gasteiger partial charge on any atom is -0.310 e. The molecular weight excluding hydrogens is 436 g/mol. The number of hydrogen-bond donors (Lipinski definition) is 1. The standard InChI is InChI=1S/C21H17BrN4OS/c1-11-3-8-16-17(9-11)28-21(23-16)26-20-19(12(2)25-26)15(10-18(27)24-20)13-4-6-14(22)7-5-13/h3-9,15H,10H2,1-2H3,(H,24,27)/t15-/m0/s1. The lowest BCUT2D eigenvalue weighted by molar-refractivity contribution is -0.116. The van der Waals surface area contributed by atoms with E-state index in [1.165, 1.54) is 5.56 Å². The molecule has 3 heterocycles. The molecule has 2 aromatic heterocycles. The van der Waals surface area contributed by atoms with Crippen LogP contribution in [0.1, 0.15) is 34.7 Å². The average molecular weight is 453 g/mol. The maximum Gasteiger partial charge on any atom is 0.226 e. The van der Waals surface area contributed by atoms with Gasteiger partial charge in [0.2, 0.25) is 11.0 Å². The van der Waals surface area contributed by atoms with Crippen molar-refractivity contribution in [3.05, 3.63) is 69.3 Å². The Kier molecular flexibility index (Phi) is 4.10. The highest BCUT2D eigenvalue weighted by atomic mass is 79.9. The van der Waals surface area contributed by atoms with Gasteiger partial charge in [0.05, 0.1) is 15.9 Å². The second-order valence-electron chi connectivity index (χ2n) is 7.08. The predicted molar refractivity (Wildman–Crippen MR) is 115 cm³/mol. The number of halogens is 1. The van der Waals surface area contributed by atoms with Crippen LogP contribution in [0.3, 0.4) is 0 Å². The van der Waals surface area contributed by atoms with Gasteiger partial charge in [0.1, 0.15) is 5.82 Å². The molecule has 0 bridgehead atoms. The minimum atomic E-state index is -0.0118. The largest absolute Gasteiger partial charge is 0.310 e. The van der Waals surface area contributed by atoms with E-state index in [9.17, 15) is 4.79 Å². The molecule has 0 fully saturated rings. The number of hydrogen-bond acceptors (Lipinski definition) is 4. The molecule has 0 aliphatic carbocycles. The number of nitrogens with one attached hydrogen (secondary N) is 1. The fraction of sp³-hybridized carbons (Fsp3) is 0.190. The predicted octanol–water partition coefficient (Wildman–Crippen LogP) is 5.34. The number of carbonyl (C=O) groups is 1. The van der Waals surface area contributed by atoms with Crippen molar-refractivity contribution in [2.24, 2.45) is 0 Å². The van der Waals surface area contributed by atoms with Gasteiger partial charge in [-0.05, 0) is 49.2 Å². The van der Waals surface area contributed by atoms with Gasteiger partial charge in [-0.15, -0.1) is 0 Å². The van der Waals surface area contributed by atoms with E-state index in [0.29, 0.717) is 6.42 Å². The van der Waals surface area contributed by atoms with E-state index in [1.807, 2.05) is 25.1 Å². The highest BCUT2D eigenvalue weighted by Crippen LogP contribution is 2.41. The Bertz CT molecular complexity index is 1230. The van der Waals surface area contributed by atoms with Crippen LogP contribution >= 0.6 is 27.3 Å². The lowest BCUT2D eigenvalue weighted by atomic mass is 9.86. The van der Waals surface area contributed by atoms with Gasteiger partial charge in [0.25, 0.3) is 0 Å². The molecule has 0 saturated carbocycles. The van der Waals surface area contributed by atoms with Crippen molar-refractivity contribution < 1.29 is 4.79 Å². The van der Waals surface area contributed by atoms with Crippen LogP contribution in [0.2, 0.25) is 0 Å². The van der Waals surface area contributed by atoms with Crippen molar-refractivity contribution in [3.63, 3.8) is 0 Å². The third-order valence-corrected chi connectivity index (χ3v) is 6.61. The number of thiazole rings is 1. The van der Waals surface area contributed by atoms with Gasteiger partial charge >= 0.3 is 0 Å². The topological polar surface area (TPSA) is 59.8 Å². The van der Waals surface area contributed by atoms with Gasteiger partial charge in [0, 0.05) is 22.4 Å². The van der Waals surface area contributed by atoms with Crippen LogP contribution in [0.5, 0.6) is 0 Å². The lowest BCUT2D eigenvalue weighted by Gasteiger charge is -2.24. The maximum atomic E-state index is 12.5. The minimum absolute atomic E-state index is 0.00137. The molecule has 7 heteroatoms. The molecule has 4 aromatic rings. The molecule has 5 rings (SSSR count). The zero-order valence-corrected chi connectivity index (χ0v) is 17.8. The molecule has 5 nitrogen and oxygen atoms in total. The Hall–Kier alpha value is -2.51. The van der Waals surface area contributed by atoms with Gasteiger partial charge < -0.3 is 5.32 Å². The summed E-state index contributed by atoms with van der Waals surface area (Å²) in [4.78, 5) is 17.2. The first-order valence-electron chi connectivity index (χ1n) is 9.02. The maximum absolute atomic E-state index is 12.5. The summed E-state index contributed by atoms with van der Waals surface area (Å²) in [6.45, 7) is 4.07. The number of benzene rings is 2. The monoisotopic (exact) mass is 452 g/mol. The summed E-state index contributed by atoms with van der Waals surface area (Å²) in [6.07, 6.45) is 0.417. The lowest BCUT2D eigenvalue weighted by Crippen LogP contribution is -2.24. The summed E-state index contributed by atoms with van der Waals surface area (Å²) in [5, 5.41) is 8.55. The highest BCUT2D eigenvalue weighted by molar-refractivity contribution is 9.10. The van der Waals surface area contributed by atoms with Crippen molar-refractivity contribution >= 4 is 49.2 Å². The molecule has 0 unspecified atom stereocenters. The first-order valence-corrected chi connectivity index (χ1v) is 10.6. The normalized spacial score (nSPS) is 16.2. The van der Waals surface area contributed by atoms with Crippen LogP contribution in [0.15, 0.2) is 46.9 Å². The third-order valence-electron chi connectivity index (χ3n) is 5.09. The number of aryl methyl sites for hydroxylation is 2. The summed E-state index contributed by atoms with van der Waals surface area (Å²) >= 11 is 5.06. The number of carbonyl (C=O) groups excluding carboxylic acids is 1. The fourth-order valence-electron chi connectivity index (χ4n) is 3.78. The van der Waals surface area contributed by atoms with Gasteiger partial charge in [-0.25, -0.2) is 4.98 Å². The molecule has 0 radical (unpaired) electrons. The van der Waals surface area contributed by atoms with Crippen molar-refractivity contribution in [3.8, 4) is 5.13 Å². The van der Waals surface area contributed by atoms with Crippen molar-refractivity contribution in [1.82, 2.24) is 14.8 Å². The van der Waals surface area contributed by atoms with Crippen LogP contribution < -0.4 is 5.32 Å². The second-order valence-corrected chi connectivity index (χ2v) is 9.01. The Balaban J connectivity index is 1.67. The molecule has 1 atom stereocenters. The van der Waals surface area contributed by atoms with Crippen LogP contribution in [0, 0.1) is 13.8 Å². The summed E-state index contributed by atoms with van der Waals surface area (Å²) < 4.78 is 3.92. The molecule has 0 spiro atoms. The van der Waals surface area contributed by atoms with E-state index in [2.05, 4.69) is 52.4 Å². The van der Waals surface area contributed by atoms with Crippen molar-refractivity contribution in [2.75, 3.05) is 5.32 Å². The Morgan fingerprint density at radius 1 is 1.18 bits per heavy atom. The van der Waals surface area contributed by atoms with Crippen molar-refractivity contribution in [1.29, 1.82) is 0 Å². The Labute approximate surface area is 174 Å². The second kappa shape index (κ2) is 6.53. The number of amides is 1. The van der Waals surface area contributed by atoms with Crippen LogP contribution in [-0.4, -0.2) is 20.7 Å². The summed E-state index contributed by atoms with van der Waals surface area (Å²) in [5.41, 5.74) is 5.24. The number of rotatable bonds is 2. The van der Waals surface area contributed by atoms with Crippen molar-refractivity contribution in [2.45, 2.75) is 26.2 Å². The van der Waals surface area contributed by atoms with E-state index in [-0.39, 0.29) is 11.8 Å². The third kappa shape index (κ3) is 2.86. The molecular formula is C21H17BrN4OS. The van der Waals surface area contributed by atoms with Crippen LogP contribution in [-0.2, 0) is 4.79 Å². The number of fused-ring (bicyclic) bond motifs is 2. The van der Waals surface area contributed by atoms with E-state index >= 15 is 0 Å². The van der Waals surface area contributed by atoms with Gasteiger partial charge in [-0.2, -0.15) is 9.78 Å². The van der Waals surface area contributed by atoms with E-state index in [4.69, 9.17) is 10.1 Å². The average Bonchev–Trinajstić information content (AvgIpc) is 3.22. The Morgan fingerprint density at radius 2 is 1.96 bits per heavy atom. The summed E-state index contributed by atoms with van der Waals surface area (Å²) in [5.74, 6) is 0.721. The Morgan fingerprint density at radius 3 is 2.75 bits per heavy atom. The smallest absolute Gasteiger partial charge is 0.226 e. The van der Waals surface area contributed by atoms with Crippen LogP contribution in [0.25, 0.3) is 15.3 Å². The highest BCUT2D eigenvalue weighted by Gasteiger charge is 2.33. The first kappa shape index (κ1) is 17.6.